The summed E-state index contributed by atoms with van der Waals surface area (Å²) in [6.45, 7) is 0. The second-order valence-electron chi connectivity index (χ2n) is 2.66. The highest BCUT2D eigenvalue weighted by Gasteiger charge is 2.34. The first-order chi connectivity index (χ1) is 6.42. The largest absolute Gasteiger partial charge is 0.467 e. The lowest BCUT2D eigenvalue weighted by atomic mass is 10.3. The summed E-state index contributed by atoms with van der Waals surface area (Å²) in [4.78, 5) is 14.5. The molecule has 0 aromatic carbocycles. The van der Waals surface area contributed by atoms with Crippen LogP contribution in [0, 0.1) is 0 Å². The van der Waals surface area contributed by atoms with E-state index in [2.05, 4.69) is 9.73 Å². The molecule has 1 unspecified atom stereocenters. The number of ether oxygens (including phenoxy) is 1. The maximum Gasteiger partial charge on any atom is 0.395 e. The molecule has 0 spiro atoms. The van der Waals surface area contributed by atoms with E-state index in [1.54, 1.807) is 0 Å². The molecule has 0 bridgehead atoms. The molecule has 0 radical (unpaired) electrons. The van der Waals surface area contributed by atoms with Crippen LogP contribution < -0.4 is 0 Å². The minimum absolute atomic E-state index is 0.0482. The number of hydrogen-bond acceptors (Lipinski definition) is 4. The number of nitrogens with zero attached hydrogens (tertiary/aromatic N) is 1. The van der Waals surface area contributed by atoms with Gasteiger partial charge >= 0.3 is 12.1 Å². The molecule has 0 aromatic rings. The van der Waals surface area contributed by atoms with Gasteiger partial charge in [-0.25, -0.2) is 4.79 Å². The van der Waals surface area contributed by atoms with Crippen LogP contribution in [0.15, 0.2) is 4.99 Å². The summed E-state index contributed by atoms with van der Waals surface area (Å²) in [5.41, 5.74) is 0. The molecule has 0 aliphatic carbocycles. The highest BCUT2D eigenvalue weighted by molar-refractivity contribution is 8.14. The molecule has 1 atom stereocenters. The Kier molecular flexibility index (Phi) is 3.41. The van der Waals surface area contributed by atoms with Gasteiger partial charge in [0.25, 0.3) is 0 Å². The summed E-state index contributed by atoms with van der Waals surface area (Å²) < 4.78 is 40.1. The van der Waals surface area contributed by atoms with Crippen molar-refractivity contribution < 1.29 is 22.7 Å². The molecule has 1 rings (SSSR count). The molecule has 7 heteroatoms. The molecule has 14 heavy (non-hydrogen) atoms. The normalized spacial score (nSPS) is 22.0. The van der Waals surface area contributed by atoms with Gasteiger partial charge in [-0.1, -0.05) is 0 Å². The van der Waals surface area contributed by atoms with E-state index in [0.717, 1.165) is 11.8 Å². The van der Waals surface area contributed by atoms with Crippen LogP contribution in [0.1, 0.15) is 6.42 Å². The summed E-state index contributed by atoms with van der Waals surface area (Å²) in [7, 11) is 1.18. The number of carbonyl (C=O) groups excluding carboxylic acids is 1. The van der Waals surface area contributed by atoms with E-state index in [0.29, 0.717) is 0 Å². The zero-order chi connectivity index (χ0) is 10.8. The van der Waals surface area contributed by atoms with Crippen molar-refractivity contribution in [3.8, 4) is 0 Å². The zero-order valence-electron chi connectivity index (χ0n) is 7.30. The van der Waals surface area contributed by atoms with Crippen molar-refractivity contribution in [2.45, 2.75) is 18.6 Å². The molecule has 1 aliphatic heterocycles. The second kappa shape index (κ2) is 4.20. The number of carbonyl (C=O) groups is 1. The number of thioether (sulfide) groups is 1. The van der Waals surface area contributed by atoms with Gasteiger partial charge in [0.1, 0.15) is 0 Å². The third-order valence-corrected chi connectivity index (χ3v) is 2.60. The predicted molar refractivity (Wildman–Crippen MR) is 46.4 cm³/mol. The minimum atomic E-state index is -4.27. The van der Waals surface area contributed by atoms with Gasteiger partial charge in [-0.05, 0) is 0 Å². The van der Waals surface area contributed by atoms with Crippen molar-refractivity contribution in [2.75, 3.05) is 12.9 Å². The third kappa shape index (κ3) is 3.21. The minimum Gasteiger partial charge on any atom is -0.467 e. The van der Waals surface area contributed by atoms with Crippen LogP contribution in [-0.2, 0) is 9.53 Å². The number of hydrogen-bond donors (Lipinski definition) is 0. The summed E-state index contributed by atoms with van der Waals surface area (Å²) in [6, 6.07) is -0.776. The fourth-order valence-electron chi connectivity index (χ4n) is 0.948. The van der Waals surface area contributed by atoms with Gasteiger partial charge in [0.2, 0.25) is 0 Å². The Morgan fingerprint density at radius 1 is 1.71 bits per heavy atom. The maximum atomic E-state index is 11.9. The number of esters is 1. The lowest BCUT2D eigenvalue weighted by Gasteiger charge is -2.03. The summed E-state index contributed by atoms with van der Waals surface area (Å²) >= 11 is 0.950. The fourth-order valence-corrected chi connectivity index (χ4v) is 1.98. The van der Waals surface area contributed by atoms with Crippen LogP contribution in [0.3, 0.4) is 0 Å². The number of halogens is 3. The van der Waals surface area contributed by atoms with Gasteiger partial charge in [-0.2, -0.15) is 13.2 Å². The van der Waals surface area contributed by atoms with Crippen molar-refractivity contribution in [3.63, 3.8) is 0 Å². The molecule has 0 N–H and O–H groups in total. The Hall–Kier alpha value is -0.720. The van der Waals surface area contributed by atoms with Crippen LogP contribution in [-0.4, -0.2) is 36.1 Å². The average molecular weight is 227 g/mol. The molecular weight excluding hydrogens is 219 g/mol. The third-order valence-electron chi connectivity index (χ3n) is 1.53. The number of alkyl halides is 3. The molecule has 1 aliphatic rings. The Labute approximate surface area is 82.7 Å². The molecule has 3 nitrogen and oxygen atoms in total. The number of rotatable bonds is 2. The van der Waals surface area contributed by atoms with Crippen molar-refractivity contribution in [2.24, 2.45) is 4.99 Å². The highest BCUT2D eigenvalue weighted by atomic mass is 32.2. The first kappa shape index (κ1) is 11.4. The van der Waals surface area contributed by atoms with Crippen LogP contribution in [0.5, 0.6) is 0 Å². The maximum absolute atomic E-state index is 11.9. The molecule has 0 aromatic heterocycles. The fraction of sp³-hybridized carbons (Fsp3) is 0.714. The van der Waals surface area contributed by atoms with E-state index in [-0.39, 0.29) is 10.8 Å². The first-order valence-electron chi connectivity index (χ1n) is 3.76. The molecule has 0 saturated heterocycles. The Bertz CT molecular complexity index is 264. The average Bonchev–Trinajstić information content (AvgIpc) is 2.48. The quantitative estimate of drug-likeness (QED) is 0.673. The lowest BCUT2D eigenvalue weighted by molar-refractivity contribution is -0.141. The highest BCUT2D eigenvalue weighted by Crippen LogP contribution is 2.29. The molecule has 80 valence electrons. The van der Waals surface area contributed by atoms with Gasteiger partial charge in [0, 0.05) is 5.75 Å². The Morgan fingerprint density at radius 2 is 2.36 bits per heavy atom. The number of aliphatic imine (C=N–C) groups is 1. The van der Waals surface area contributed by atoms with Gasteiger partial charge in [0.15, 0.2) is 6.04 Å². The van der Waals surface area contributed by atoms with Crippen molar-refractivity contribution in [1.82, 2.24) is 0 Å². The van der Waals surface area contributed by atoms with Crippen molar-refractivity contribution in [1.29, 1.82) is 0 Å². The molecule has 0 fully saturated rings. The van der Waals surface area contributed by atoms with Crippen molar-refractivity contribution >= 4 is 22.8 Å². The first-order valence-corrected chi connectivity index (χ1v) is 4.75. The van der Waals surface area contributed by atoms with E-state index >= 15 is 0 Å². The smallest absolute Gasteiger partial charge is 0.395 e. The van der Waals surface area contributed by atoms with Crippen LogP contribution in [0.4, 0.5) is 13.2 Å². The zero-order valence-corrected chi connectivity index (χ0v) is 8.11. The van der Waals surface area contributed by atoms with E-state index < -0.39 is 24.6 Å². The second-order valence-corrected chi connectivity index (χ2v) is 3.76. The number of methoxy groups -OCH3 is 1. The van der Waals surface area contributed by atoms with Crippen LogP contribution in [0.2, 0.25) is 0 Å². The van der Waals surface area contributed by atoms with Gasteiger partial charge in [0.05, 0.1) is 18.6 Å². The van der Waals surface area contributed by atoms with Crippen LogP contribution >= 0.6 is 11.8 Å². The summed E-state index contributed by atoms with van der Waals surface area (Å²) in [5, 5.41) is -0.0482. The van der Waals surface area contributed by atoms with E-state index in [9.17, 15) is 18.0 Å². The molecular formula is C7H8F3NO2S. The monoisotopic (exact) mass is 227 g/mol. The van der Waals surface area contributed by atoms with Crippen molar-refractivity contribution in [3.05, 3.63) is 0 Å². The Balaban J connectivity index is 2.55. The topological polar surface area (TPSA) is 38.7 Å². The van der Waals surface area contributed by atoms with E-state index in [1.165, 1.54) is 7.11 Å². The summed E-state index contributed by atoms with van der Waals surface area (Å²) in [6.07, 6.45) is -5.33. The standard InChI is InChI=1S/C7H8F3NO2S/c1-13-6(12)4-3-14-5(11-4)2-7(8,9)10/h4H,2-3H2,1H3. The lowest BCUT2D eigenvalue weighted by Crippen LogP contribution is -2.20. The van der Waals surface area contributed by atoms with E-state index in [1.807, 2.05) is 0 Å². The molecule has 1 heterocycles. The van der Waals surface area contributed by atoms with Crippen LogP contribution in [0.25, 0.3) is 0 Å². The van der Waals surface area contributed by atoms with Gasteiger partial charge < -0.3 is 4.74 Å². The Morgan fingerprint density at radius 3 is 2.86 bits per heavy atom. The SMILES string of the molecule is COC(=O)C1CSC(CC(F)(F)F)=N1. The molecule has 0 amide bonds. The molecule has 0 saturated carbocycles. The van der Waals surface area contributed by atoms with E-state index in [4.69, 9.17) is 0 Å². The predicted octanol–water partition coefficient (Wildman–Crippen LogP) is 1.63. The van der Waals surface area contributed by atoms with Gasteiger partial charge in [-0.3, -0.25) is 4.99 Å². The summed E-state index contributed by atoms with van der Waals surface area (Å²) in [5.74, 6) is -0.354. The van der Waals surface area contributed by atoms with Gasteiger partial charge in [-0.15, -0.1) is 11.8 Å².